The monoisotopic (exact) mass is 570 g/mol. The van der Waals surface area contributed by atoms with Crippen LogP contribution in [0.2, 0.25) is 0 Å². The average molecular weight is 570 g/mol. The zero-order chi connectivity index (χ0) is 26.1. The van der Waals surface area contributed by atoms with E-state index in [4.69, 9.17) is 5.73 Å². The van der Waals surface area contributed by atoms with Gasteiger partial charge in [0, 0.05) is 58.3 Å². The van der Waals surface area contributed by atoms with Crippen LogP contribution in [-0.2, 0) is 59.9 Å². The van der Waals surface area contributed by atoms with Crippen LogP contribution < -0.4 is 10.6 Å². The van der Waals surface area contributed by atoms with Gasteiger partial charge in [-0.25, -0.2) is 6.42 Å². The number of rotatable bonds is 4. The van der Waals surface area contributed by atoms with E-state index in [1.165, 1.54) is 4.90 Å². The molecule has 3 aliphatic rings. The van der Waals surface area contributed by atoms with Gasteiger partial charge in [-0.2, -0.15) is 18.1 Å². The Balaban J connectivity index is 0.00000361. The Labute approximate surface area is 235 Å². The molecule has 4 rings (SSSR count). The molecule has 0 bridgehead atoms. The summed E-state index contributed by atoms with van der Waals surface area (Å²) in [6.07, 6.45) is 0.798. The molecule has 191 valence electrons. The van der Waals surface area contributed by atoms with Gasteiger partial charge < -0.3 is 32.9 Å². The fraction of sp³-hybridized carbons (Fsp3) is 0.423. The number of primary amides is 1. The predicted molar refractivity (Wildman–Crippen MR) is 130 cm³/mol. The molecule has 0 spiro atoms. The molecule has 36 heavy (non-hydrogen) atoms. The Bertz CT molecular complexity index is 1230. The quantitative estimate of drug-likeness (QED) is 0.309. The fourth-order valence-corrected chi connectivity index (χ4v) is 6.12. The molecule has 3 aliphatic carbocycles. The van der Waals surface area contributed by atoms with Gasteiger partial charge >= 0.3 is 0 Å². The van der Waals surface area contributed by atoms with E-state index >= 15 is 0 Å². The predicted octanol–water partition coefficient (Wildman–Crippen LogP) is 0.881. The number of amides is 1. The minimum Gasteiger partial charge on any atom is -0.508 e. The zero-order valence-electron chi connectivity index (χ0n) is 21.0. The zero-order valence-corrected chi connectivity index (χ0v) is 23.8. The van der Waals surface area contributed by atoms with E-state index < -0.39 is 52.3 Å². The molecule has 1 radical (unpaired) electrons. The second kappa shape index (κ2) is 9.60. The van der Waals surface area contributed by atoms with Crippen molar-refractivity contribution in [3.05, 3.63) is 59.1 Å². The molecule has 1 aromatic rings. The number of nitrogens with zero attached hydrogens (tertiary/aromatic N) is 2. The number of carbonyl (C=O) groups excluding carboxylic acids is 3. The minimum absolute atomic E-state index is 0. The summed E-state index contributed by atoms with van der Waals surface area (Å²) in [7, 11) is 6.92. The maximum absolute atomic E-state index is 13.9. The molecule has 2 unspecified atom stereocenters. The first-order valence-electron chi connectivity index (χ1n) is 11.4. The standard InChI is InChI=1S/C26H31N3O6.Y/c1-7-13-11(2)8-16(28(3)4)14-9-12-10-15-20(29(5)6)22(31)19(25(27)34)24(33)26(15,35)23(32)17(12)21(30)18(13)14;/h8,12,15,20,30,33,35H,1-2,7,9-10H2,3-6H3,(H2,27,34);/q-2;/t12?,15-,20?,26-;/m0./s1. The van der Waals surface area contributed by atoms with E-state index in [-0.39, 0.29) is 50.5 Å². The number of hydrogen-bond donors (Lipinski definition) is 4. The smallest absolute Gasteiger partial charge is 0.255 e. The number of carbonyl (C=O) groups is 3. The molecule has 0 heterocycles. The Hall–Kier alpha value is -2.20. The van der Waals surface area contributed by atoms with Gasteiger partial charge in [-0.15, -0.1) is 6.07 Å². The number of hydrogen-bond acceptors (Lipinski definition) is 8. The van der Waals surface area contributed by atoms with Crippen molar-refractivity contribution in [1.82, 2.24) is 4.90 Å². The average Bonchev–Trinajstić information content (AvgIpc) is 2.75. The SMILES string of the molecule is [CH2-]Cc1c([CH2-])cc(N(C)C)c2c1C(O)=C1C(=O)[C@]3(O)C(O)=C(C(N)=O)C(=O)C(N(C)C)[C@@H]3CC1C2.[Y]. The van der Waals surface area contributed by atoms with Crippen molar-refractivity contribution in [2.24, 2.45) is 17.6 Å². The first-order valence-corrected chi connectivity index (χ1v) is 11.4. The first kappa shape index (κ1) is 28.4. The van der Waals surface area contributed by atoms with Gasteiger partial charge in [0.2, 0.25) is 5.78 Å². The molecule has 5 N–H and O–H groups in total. The van der Waals surface area contributed by atoms with Crippen LogP contribution in [0.3, 0.4) is 0 Å². The van der Waals surface area contributed by atoms with E-state index in [1.807, 2.05) is 25.1 Å². The van der Waals surface area contributed by atoms with E-state index in [9.17, 15) is 29.7 Å². The summed E-state index contributed by atoms with van der Waals surface area (Å²) in [5.74, 6) is -5.84. The number of fused-ring (bicyclic) bond motifs is 3. The number of ketones is 2. The maximum Gasteiger partial charge on any atom is 0.255 e. The van der Waals surface area contributed by atoms with Crippen molar-refractivity contribution < 1.29 is 62.4 Å². The number of aliphatic hydroxyl groups is 3. The summed E-state index contributed by atoms with van der Waals surface area (Å²) in [5, 5.41) is 34.1. The van der Waals surface area contributed by atoms with Gasteiger partial charge in [-0.05, 0) is 49.7 Å². The second-order valence-corrected chi connectivity index (χ2v) is 9.99. The largest absolute Gasteiger partial charge is 0.508 e. The Kier molecular flexibility index (Phi) is 7.56. The molecule has 10 heteroatoms. The summed E-state index contributed by atoms with van der Waals surface area (Å²) in [4.78, 5) is 42.5. The van der Waals surface area contributed by atoms with Gasteiger partial charge in [-0.3, -0.25) is 19.3 Å². The van der Waals surface area contributed by atoms with Gasteiger partial charge in [-0.1, -0.05) is 0 Å². The van der Waals surface area contributed by atoms with Gasteiger partial charge in [0.1, 0.15) is 17.1 Å². The number of nitrogens with two attached hydrogens (primary N) is 1. The molecule has 4 atom stereocenters. The van der Waals surface area contributed by atoms with Gasteiger partial charge in [0.05, 0.1) is 6.04 Å². The van der Waals surface area contributed by atoms with Crippen LogP contribution in [0.1, 0.15) is 28.7 Å². The van der Waals surface area contributed by atoms with Crippen LogP contribution in [0.5, 0.6) is 0 Å². The molecule has 9 nitrogen and oxygen atoms in total. The number of likely N-dealkylation sites (N-methyl/N-ethyl adjacent to an activating group) is 1. The maximum atomic E-state index is 13.9. The van der Waals surface area contributed by atoms with Gasteiger partial charge in [0.15, 0.2) is 11.4 Å². The molecular formula is C26H31N3O6Y-2. The molecular weight excluding hydrogens is 539 g/mol. The molecule has 0 aromatic heterocycles. The number of aliphatic hydroxyl groups excluding tert-OH is 2. The minimum atomic E-state index is -2.58. The number of anilines is 1. The third-order valence-electron chi connectivity index (χ3n) is 7.66. The first-order chi connectivity index (χ1) is 16.3. The summed E-state index contributed by atoms with van der Waals surface area (Å²) in [5.41, 5.74) is 5.40. The van der Waals surface area contributed by atoms with E-state index in [0.717, 1.165) is 11.3 Å². The van der Waals surface area contributed by atoms with Crippen LogP contribution in [0.25, 0.3) is 5.76 Å². The Morgan fingerprint density at radius 2 is 1.83 bits per heavy atom. The molecule has 1 aromatic carbocycles. The van der Waals surface area contributed by atoms with Crippen molar-refractivity contribution in [2.45, 2.75) is 30.9 Å². The van der Waals surface area contributed by atoms with Crippen molar-refractivity contribution >= 4 is 28.9 Å². The third kappa shape index (κ3) is 3.74. The molecule has 0 aliphatic heterocycles. The molecule has 0 saturated heterocycles. The second-order valence-electron chi connectivity index (χ2n) is 9.99. The van der Waals surface area contributed by atoms with Crippen molar-refractivity contribution in [3.8, 4) is 0 Å². The molecule has 1 saturated carbocycles. The van der Waals surface area contributed by atoms with Crippen molar-refractivity contribution in [1.29, 1.82) is 0 Å². The van der Waals surface area contributed by atoms with Crippen LogP contribution in [0, 0.1) is 25.7 Å². The summed E-state index contributed by atoms with van der Waals surface area (Å²) in [6, 6.07) is 0.845. The molecule has 1 fully saturated rings. The summed E-state index contributed by atoms with van der Waals surface area (Å²) >= 11 is 0. The Morgan fingerprint density at radius 1 is 1.22 bits per heavy atom. The number of Topliss-reactive ketones (excluding diaryl/α,β-unsaturated/α-hetero) is 2. The normalized spacial score (nSPS) is 27.4. The third-order valence-corrected chi connectivity index (χ3v) is 7.66. The van der Waals surface area contributed by atoms with Crippen molar-refractivity contribution in [3.63, 3.8) is 0 Å². The Morgan fingerprint density at radius 3 is 2.33 bits per heavy atom. The van der Waals surface area contributed by atoms with Crippen LogP contribution >= 0.6 is 0 Å². The van der Waals surface area contributed by atoms with Gasteiger partial charge in [0.25, 0.3) is 5.91 Å². The van der Waals surface area contributed by atoms with E-state index in [1.54, 1.807) is 14.1 Å². The topological polar surface area (TPSA) is 144 Å². The van der Waals surface area contributed by atoms with E-state index in [2.05, 4.69) is 13.8 Å². The van der Waals surface area contributed by atoms with Crippen LogP contribution in [0.4, 0.5) is 5.69 Å². The summed E-state index contributed by atoms with van der Waals surface area (Å²) in [6.45, 7) is 8.03. The summed E-state index contributed by atoms with van der Waals surface area (Å²) < 4.78 is 0. The number of benzene rings is 1. The van der Waals surface area contributed by atoms with Crippen LogP contribution in [0.15, 0.2) is 23.0 Å². The van der Waals surface area contributed by atoms with Crippen molar-refractivity contribution in [2.75, 3.05) is 33.1 Å². The fourth-order valence-electron chi connectivity index (χ4n) is 6.12. The molecule has 1 amide bonds. The van der Waals surface area contributed by atoms with E-state index in [0.29, 0.717) is 29.5 Å². The van der Waals surface area contributed by atoms with Crippen LogP contribution in [-0.4, -0.2) is 77.5 Å².